The maximum atomic E-state index is 8.77. The normalized spacial score (nSPS) is 10.6. The summed E-state index contributed by atoms with van der Waals surface area (Å²) in [7, 11) is 0. The highest BCUT2D eigenvalue weighted by molar-refractivity contribution is 5.65. The molecule has 3 N–H and O–H groups in total. The van der Waals surface area contributed by atoms with Crippen LogP contribution in [0.2, 0.25) is 0 Å². The van der Waals surface area contributed by atoms with Crippen LogP contribution in [-0.4, -0.2) is 61.6 Å². The lowest BCUT2D eigenvalue weighted by Crippen LogP contribution is -1.99. The molecule has 0 aliphatic rings. The van der Waals surface area contributed by atoms with Gasteiger partial charge in [0.2, 0.25) is 0 Å². The SMILES string of the molecule is CCCCCCCOc1ccc(-c2ccc(OCCCCCCO)cc2)cc1.OCCCOc1ccc(-c2ccc(OCCCO)cc2)cc1. The van der Waals surface area contributed by atoms with E-state index in [9.17, 15) is 0 Å². The minimum Gasteiger partial charge on any atom is -0.494 e. The molecule has 0 aromatic heterocycles. The largest absolute Gasteiger partial charge is 0.494 e. The Morgan fingerprint density at radius 3 is 0.860 bits per heavy atom. The van der Waals surface area contributed by atoms with Crippen LogP contribution in [0.3, 0.4) is 0 Å². The van der Waals surface area contributed by atoms with Crippen LogP contribution < -0.4 is 18.9 Å². The van der Waals surface area contributed by atoms with E-state index in [2.05, 4.69) is 43.3 Å². The Hall–Kier alpha value is -4.04. The number of hydrogen-bond donors (Lipinski definition) is 3. The van der Waals surface area contributed by atoms with E-state index >= 15 is 0 Å². The molecule has 50 heavy (non-hydrogen) atoms. The second-order valence-corrected chi connectivity index (χ2v) is 12.2. The van der Waals surface area contributed by atoms with Crippen LogP contribution in [0.5, 0.6) is 23.0 Å². The first-order valence-electron chi connectivity index (χ1n) is 18.4. The number of ether oxygens (including phenoxy) is 4. The van der Waals surface area contributed by atoms with E-state index in [1.807, 2.05) is 60.7 Å². The Morgan fingerprint density at radius 1 is 0.320 bits per heavy atom. The van der Waals surface area contributed by atoms with Gasteiger partial charge in [-0.2, -0.15) is 0 Å². The van der Waals surface area contributed by atoms with Gasteiger partial charge in [0.15, 0.2) is 0 Å². The minimum atomic E-state index is 0.144. The number of aliphatic hydroxyl groups excluding tert-OH is 3. The number of benzene rings is 4. The Labute approximate surface area is 299 Å². The highest BCUT2D eigenvalue weighted by Gasteiger charge is 2.03. The fourth-order valence-corrected chi connectivity index (χ4v) is 5.14. The summed E-state index contributed by atoms with van der Waals surface area (Å²) >= 11 is 0. The fraction of sp³-hybridized carbons (Fsp3) is 0.442. The first kappa shape index (κ1) is 40.4. The van der Waals surface area contributed by atoms with Crippen LogP contribution in [-0.2, 0) is 0 Å². The average molecular weight is 687 g/mol. The fourth-order valence-electron chi connectivity index (χ4n) is 5.14. The van der Waals surface area contributed by atoms with Crippen LogP contribution in [0.25, 0.3) is 22.3 Å². The molecule has 7 nitrogen and oxygen atoms in total. The Bertz CT molecular complexity index is 1260. The van der Waals surface area contributed by atoms with Gasteiger partial charge in [-0.25, -0.2) is 0 Å². The van der Waals surface area contributed by atoms with Crippen molar-refractivity contribution in [2.75, 3.05) is 46.2 Å². The molecule has 7 heteroatoms. The third-order valence-electron chi connectivity index (χ3n) is 8.06. The summed E-state index contributed by atoms with van der Waals surface area (Å²) in [5, 5.41) is 26.2. The summed E-state index contributed by atoms with van der Waals surface area (Å²) in [6.45, 7) is 5.39. The van der Waals surface area contributed by atoms with E-state index in [0.29, 0.717) is 26.1 Å². The number of hydrogen-bond acceptors (Lipinski definition) is 7. The van der Waals surface area contributed by atoms with E-state index < -0.39 is 0 Å². The van der Waals surface area contributed by atoms with Crippen molar-refractivity contribution in [2.24, 2.45) is 0 Å². The summed E-state index contributed by atoms with van der Waals surface area (Å²) in [6.07, 6.45) is 11.7. The van der Waals surface area contributed by atoms with Crippen molar-refractivity contribution < 1.29 is 34.3 Å². The van der Waals surface area contributed by atoms with Gasteiger partial charge in [-0.3, -0.25) is 0 Å². The Morgan fingerprint density at radius 2 is 0.580 bits per heavy atom. The molecule has 0 heterocycles. The molecule has 0 spiro atoms. The second kappa shape index (κ2) is 25.9. The van der Waals surface area contributed by atoms with Crippen molar-refractivity contribution in [3.05, 3.63) is 97.1 Å². The van der Waals surface area contributed by atoms with Crippen molar-refractivity contribution >= 4 is 0 Å². The van der Waals surface area contributed by atoms with Crippen molar-refractivity contribution in [1.29, 1.82) is 0 Å². The van der Waals surface area contributed by atoms with Crippen LogP contribution in [0.4, 0.5) is 0 Å². The predicted octanol–water partition coefficient (Wildman–Crippen LogP) is 9.51. The van der Waals surface area contributed by atoms with E-state index in [0.717, 1.165) is 79.4 Å². The van der Waals surface area contributed by atoms with Gasteiger partial charge in [0.05, 0.1) is 26.4 Å². The van der Waals surface area contributed by atoms with Gasteiger partial charge in [0.25, 0.3) is 0 Å². The zero-order valence-corrected chi connectivity index (χ0v) is 29.9. The lowest BCUT2D eigenvalue weighted by atomic mass is 10.1. The molecule has 4 aromatic carbocycles. The van der Waals surface area contributed by atoms with E-state index in [1.54, 1.807) is 0 Å². The van der Waals surface area contributed by atoms with Gasteiger partial charge in [-0.1, -0.05) is 87.6 Å². The molecule has 0 aliphatic carbocycles. The molecule has 272 valence electrons. The first-order chi connectivity index (χ1) is 24.7. The molecule has 0 saturated heterocycles. The predicted molar refractivity (Wildman–Crippen MR) is 203 cm³/mol. The smallest absolute Gasteiger partial charge is 0.119 e. The maximum absolute atomic E-state index is 8.77. The standard InChI is InChI=1S/C25H36O3.C18H22O4/c1-2-3-4-6-9-20-27-24-15-11-22(12-16-24)23-13-17-25(18-14-23)28-21-10-7-5-8-19-26;19-11-1-13-21-17-7-3-15(4-8-17)16-5-9-18(10-6-16)22-14-2-12-20/h11-18,26H,2-10,19-21H2,1H3;3-10,19-20H,1-2,11-14H2. The van der Waals surface area contributed by atoms with Crippen molar-refractivity contribution in [1.82, 2.24) is 0 Å². The summed E-state index contributed by atoms with van der Waals surface area (Å²) < 4.78 is 22.7. The van der Waals surface area contributed by atoms with Crippen LogP contribution in [0.15, 0.2) is 97.1 Å². The third kappa shape index (κ3) is 16.6. The van der Waals surface area contributed by atoms with Gasteiger partial charge in [-0.15, -0.1) is 0 Å². The van der Waals surface area contributed by atoms with Gasteiger partial charge >= 0.3 is 0 Å². The molecule has 0 bridgehead atoms. The molecule has 0 amide bonds. The molecule has 0 radical (unpaired) electrons. The van der Waals surface area contributed by atoms with Crippen LogP contribution >= 0.6 is 0 Å². The molecule has 0 aliphatic heterocycles. The highest BCUT2D eigenvalue weighted by Crippen LogP contribution is 2.26. The zero-order chi connectivity index (χ0) is 35.5. The second-order valence-electron chi connectivity index (χ2n) is 12.2. The first-order valence-corrected chi connectivity index (χ1v) is 18.4. The molecule has 0 saturated carbocycles. The Balaban J connectivity index is 0.000000278. The highest BCUT2D eigenvalue weighted by atomic mass is 16.5. The van der Waals surface area contributed by atoms with Crippen LogP contribution in [0.1, 0.15) is 77.6 Å². The molecule has 0 atom stereocenters. The summed E-state index contributed by atoms with van der Waals surface area (Å²) in [4.78, 5) is 0. The van der Waals surface area contributed by atoms with Crippen LogP contribution in [0, 0.1) is 0 Å². The molecular formula is C43H58O7. The van der Waals surface area contributed by atoms with Crippen molar-refractivity contribution in [3.8, 4) is 45.3 Å². The average Bonchev–Trinajstić information content (AvgIpc) is 3.16. The number of aliphatic hydroxyl groups is 3. The number of unbranched alkanes of at least 4 members (excludes halogenated alkanes) is 7. The van der Waals surface area contributed by atoms with Gasteiger partial charge < -0.3 is 34.3 Å². The topological polar surface area (TPSA) is 97.6 Å². The Kier molecular flexibility index (Phi) is 20.9. The van der Waals surface area contributed by atoms with Crippen molar-refractivity contribution in [2.45, 2.75) is 77.6 Å². The van der Waals surface area contributed by atoms with Gasteiger partial charge in [0, 0.05) is 32.7 Å². The van der Waals surface area contributed by atoms with Gasteiger partial charge in [-0.05, 0) is 96.5 Å². The van der Waals surface area contributed by atoms with E-state index in [4.69, 9.17) is 34.3 Å². The molecule has 0 fully saturated rings. The quantitative estimate of drug-likeness (QED) is 0.0632. The maximum Gasteiger partial charge on any atom is 0.119 e. The lowest BCUT2D eigenvalue weighted by molar-refractivity contribution is 0.233. The molecular weight excluding hydrogens is 628 g/mol. The zero-order valence-electron chi connectivity index (χ0n) is 29.9. The monoisotopic (exact) mass is 686 g/mol. The molecule has 4 rings (SSSR count). The summed E-state index contributed by atoms with van der Waals surface area (Å²) in [6, 6.07) is 32.4. The van der Waals surface area contributed by atoms with E-state index in [-0.39, 0.29) is 19.8 Å². The summed E-state index contributed by atoms with van der Waals surface area (Å²) in [5.74, 6) is 3.47. The van der Waals surface area contributed by atoms with Crippen molar-refractivity contribution in [3.63, 3.8) is 0 Å². The lowest BCUT2D eigenvalue weighted by Gasteiger charge is -2.09. The molecule has 4 aromatic rings. The third-order valence-corrected chi connectivity index (χ3v) is 8.06. The summed E-state index contributed by atoms with van der Waals surface area (Å²) in [5.41, 5.74) is 4.58. The van der Waals surface area contributed by atoms with Gasteiger partial charge in [0.1, 0.15) is 23.0 Å². The molecule has 0 unspecified atom stereocenters. The van der Waals surface area contributed by atoms with E-state index in [1.165, 1.54) is 36.8 Å². The number of rotatable bonds is 24. The minimum absolute atomic E-state index is 0.144.